The molecule has 2 atom stereocenters. The van der Waals surface area contributed by atoms with Gasteiger partial charge < -0.3 is 9.64 Å². The molecule has 1 aromatic heterocycles. The molecule has 2 aliphatic rings. The number of hydrogen-bond donors (Lipinski definition) is 0. The summed E-state index contributed by atoms with van der Waals surface area (Å²) < 4.78 is 4.87. The molecule has 0 radical (unpaired) electrons. The second-order valence-corrected chi connectivity index (χ2v) is 8.66. The number of hydrogen-bond acceptors (Lipinski definition) is 6. The number of carbonyl (C=O) groups is 4. The number of benzene rings is 1. The summed E-state index contributed by atoms with van der Waals surface area (Å²) in [6, 6.07) is 10.2. The average Bonchev–Trinajstić information content (AvgIpc) is 3.40. The minimum Gasteiger partial charge on any atom is -0.467 e. The van der Waals surface area contributed by atoms with Crippen LogP contribution >= 0.6 is 0 Å². The number of amides is 3. The Morgan fingerprint density at radius 3 is 2.58 bits per heavy atom. The van der Waals surface area contributed by atoms with Crippen LogP contribution in [0.25, 0.3) is 0 Å². The molecule has 172 valence electrons. The quantitative estimate of drug-likeness (QED) is 0.495. The van der Waals surface area contributed by atoms with Gasteiger partial charge in [-0.25, -0.2) is 4.79 Å². The molecule has 3 amide bonds. The molecule has 1 aromatic carbocycles. The van der Waals surface area contributed by atoms with Crippen molar-refractivity contribution >= 4 is 23.7 Å². The van der Waals surface area contributed by atoms with Crippen LogP contribution in [0.2, 0.25) is 0 Å². The van der Waals surface area contributed by atoms with Crippen molar-refractivity contribution in [1.82, 2.24) is 14.8 Å². The molecule has 2 saturated heterocycles. The summed E-state index contributed by atoms with van der Waals surface area (Å²) in [5.41, 5.74) is 0.977. The van der Waals surface area contributed by atoms with E-state index in [2.05, 4.69) is 4.98 Å². The van der Waals surface area contributed by atoms with E-state index >= 15 is 0 Å². The van der Waals surface area contributed by atoms with Gasteiger partial charge in [-0.3, -0.25) is 24.3 Å². The first kappa shape index (κ1) is 22.6. The number of esters is 1. The first-order valence-electron chi connectivity index (χ1n) is 11.0. The highest BCUT2D eigenvalue weighted by Crippen LogP contribution is 2.42. The summed E-state index contributed by atoms with van der Waals surface area (Å²) in [7, 11) is 1.30. The number of aryl methyl sites for hydroxylation is 1. The summed E-state index contributed by atoms with van der Waals surface area (Å²) in [4.78, 5) is 59.3. The van der Waals surface area contributed by atoms with Gasteiger partial charge in [-0.2, -0.15) is 0 Å². The first-order valence-corrected chi connectivity index (χ1v) is 11.0. The topological polar surface area (TPSA) is 96.9 Å². The van der Waals surface area contributed by atoms with Crippen LogP contribution in [0.3, 0.4) is 0 Å². The van der Waals surface area contributed by atoms with E-state index in [0.717, 1.165) is 11.1 Å². The monoisotopic (exact) mass is 449 g/mol. The van der Waals surface area contributed by atoms with Crippen LogP contribution in [0, 0.1) is 6.92 Å². The largest absolute Gasteiger partial charge is 0.467 e. The van der Waals surface area contributed by atoms with Crippen LogP contribution in [-0.4, -0.2) is 58.2 Å². The Hall–Kier alpha value is -3.55. The molecule has 8 heteroatoms. The fourth-order valence-electron chi connectivity index (χ4n) is 4.99. The minimum atomic E-state index is -1.31. The lowest BCUT2D eigenvalue weighted by Gasteiger charge is -2.31. The van der Waals surface area contributed by atoms with Crippen molar-refractivity contribution in [2.45, 2.75) is 50.6 Å². The number of likely N-dealkylation sites (tertiary alicyclic amines) is 2. The fraction of sp³-hybridized carbons (Fsp3) is 0.400. The van der Waals surface area contributed by atoms with E-state index in [9.17, 15) is 19.2 Å². The number of carbonyl (C=O) groups excluding carboxylic acids is 4. The van der Waals surface area contributed by atoms with E-state index < -0.39 is 17.4 Å². The van der Waals surface area contributed by atoms with Crippen LogP contribution < -0.4 is 0 Å². The summed E-state index contributed by atoms with van der Waals surface area (Å²) in [6.45, 7) is 2.42. The van der Waals surface area contributed by atoms with Gasteiger partial charge in [-0.15, -0.1) is 0 Å². The molecule has 8 nitrogen and oxygen atoms in total. The van der Waals surface area contributed by atoms with Gasteiger partial charge in [0.25, 0.3) is 0 Å². The Bertz CT molecular complexity index is 1090. The highest BCUT2D eigenvalue weighted by Gasteiger charge is 2.55. The van der Waals surface area contributed by atoms with Crippen LogP contribution in [0.15, 0.2) is 48.8 Å². The molecule has 2 aromatic rings. The van der Waals surface area contributed by atoms with Gasteiger partial charge in [0.2, 0.25) is 17.7 Å². The van der Waals surface area contributed by atoms with Gasteiger partial charge >= 0.3 is 5.97 Å². The van der Waals surface area contributed by atoms with E-state index in [1.54, 1.807) is 24.5 Å². The van der Waals surface area contributed by atoms with E-state index in [-0.39, 0.29) is 37.1 Å². The van der Waals surface area contributed by atoms with Crippen molar-refractivity contribution < 1.29 is 23.9 Å². The summed E-state index contributed by atoms with van der Waals surface area (Å²) in [5, 5.41) is 0. The van der Waals surface area contributed by atoms with Gasteiger partial charge in [0.05, 0.1) is 19.1 Å². The number of nitrogens with zero attached hydrogens (tertiary/aromatic N) is 3. The van der Waals surface area contributed by atoms with E-state index in [0.29, 0.717) is 24.9 Å². The average molecular weight is 450 g/mol. The molecule has 4 rings (SSSR count). The van der Waals surface area contributed by atoms with Crippen molar-refractivity contribution in [3.8, 4) is 0 Å². The van der Waals surface area contributed by atoms with Gasteiger partial charge in [0.15, 0.2) is 0 Å². The Morgan fingerprint density at radius 1 is 1.15 bits per heavy atom. The highest BCUT2D eigenvalue weighted by atomic mass is 16.5. The number of methoxy groups -OCH3 is 1. The summed E-state index contributed by atoms with van der Waals surface area (Å²) in [6.07, 6.45) is 4.16. The molecule has 1 unspecified atom stereocenters. The number of ether oxygens (including phenoxy) is 1. The predicted molar refractivity (Wildman–Crippen MR) is 119 cm³/mol. The number of rotatable bonds is 6. The number of imide groups is 1. The van der Waals surface area contributed by atoms with Crippen LogP contribution in [0.5, 0.6) is 0 Å². The van der Waals surface area contributed by atoms with Crippen molar-refractivity contribution in [1.29, 1.82) is 0 Å². The summed E-state index contributed by atoms with van der Waals surface area (Å²) in [5.74, 6) is -1.49. The Labute approximate surface area is 192 Å². The zero-order chi connectivity index (χ0) is 23.6. The lowest BCUT2D eigenvalue weighted by atomic mass is 9.74. The van der Waals surface area contributed by atoms with Crippen LogP contribution in [-0.2, 0) is 35.9 Å². The minimum absolute atomic E-state index is 0.0930. The third kappa shape index (κ3) is 4.13. The summed E-state index contributed by atoms with van der Waals surface area (Å²) >= 11 is 0. The Balaban J connectivity index is 1.69. The third-order valence-electron chi connectivity index (χ3n) is 6.66. The van der Waals surface area contributed by atoms with Gasteiger partial charge in [0, 0.05) is 31.8 Å². The zero-order valence-corrected chi connectivity index (χ0v) is 18.8. The Kier molecular flexibility index (Phi) is 6.26. The highest BCUT2D eigenvalue weighted by molar-refractivity contribution is 6.11. The SMILES string of the molecule is COC(=O)[C@@H]1CCCN1C(=O)CC1(c2ccccc2C)CC(=O)N(Cc2ccncc2)C1=O. The molecule has 3 heterocycles. The van der Waals surface area contributed by atoms with E-state index in [1.807, 2.05) is 31.2 Å². The number of pyridine rings is 1. The smallest absolute Gasteiger partial charge is 0.328 e. The molecule has 0 saturated carbocycles. The van der Waals surface area contributed by atoms with Crippen LogP contribution in [0.4, 0.5) is 0 Å². The first-order chi connectivity index (χ1) is 15.9. The molecular formula is C25H27N3O5. The van der Waals surface area contributed by atoms with E-state index in [1.165, 1.54) is 16.9 Å². The fourth-order valence-corrected chi connectivity index (χ4v) is 4.99. The third-order valence-corrected chi connectivity index (χ3v) is 6.66. The number of aromatic nitrogens is 1. The molecule has 0 bridgehead atoms. The van der Waals surface area contributed by atoms with Gasteiger partial charge in [-0.05, 0) is 48.6 Å². The van der Waals surface area contributed by atoms with Gasteiger partial charge in [0.1, 0.15) is 6.04 Å². The molecular weight excluding hydrogens is 422 g/mol. The maximum Gasteiger partial charge on any atom is 0.328 e. The molecule has 2 aliphatic heterocycles. The lowest BCUT2D eigenvalue weighted by Crippen LogP contribution is -2.46. The van der Waals surface area contributed by atoms with Crippen molar-refractivity contribution in [2.24, 2.45) is 0 Å². The molecule has 2 fully saturated rings. The lowest BCUT2D eigenvalue weighted by molar-refractivity contribution is -0.151. The maximum absolute atomic E-state index is 13.8. The van der Waals surface area contributed by atoms with Crippen molar-refractivity contribution in [2.75, 3.05) is 13.7 Å². The van der Waals surface area contributed by atoms with Crippen molar-refractivity contribution in [3.63, 3.8) is 0 Å². The second kappa shape index (κ2) is 9.13. The maximum atomic E-state index is 13.8. The molecule has 0 N–H and O–H groups in total. The normalized spacial score (nSPS) is 22.7. The zero-order valence-electron chi connectivity index (χ0n) is 18.8. The van der Waals surface area contributed by atoms with Crippen molar-refractivity contribution in [3.05, 3.63) is 65.5 Å². The van der Waals surface area contributed by atoms with Gasteiger partial charge in [-0.1, -0.05) is 24.3 Å². The molecule has 0 aliphatic carbocycles. The van der Waals surface area contributed by atoms with Crippen LogP contribution in [0.1, 0.15) is 42.4 Å². The molecule has 0 spiro atoms. The molecule has 33 heavy (non-hydrogen) atoms. The van der Waals surface area contributed by atoms with E-state index in [4.69, 9.17) is 4.74 Å². The second-order valence-electron chi connectivity index (χ2n) is 8.66. The predicted octanol–water partition coefficient (Wildman–Crippen LogP) is 2.14. The standard InChI is InChI=1S/C25H27N3O5/c1-17-6-3-4-7-19(17)25(14-21(29)27-13-5-8-20(27)23(31)33-2)15-22(30)28(24(25)32)16-18-9-11-26-12-10-18/h3-4,6-7,9-12,20H,5,8,13-16H2,1-2H3/t20-,25?/m0/s1. The Morgan fingerprint density at radius 2 is 1.88 bits per heavy atom.